The first kappa shape index (κ1) is 88.5. The van der Waals surface area contributed by atoms with Crippen LogP contribution in [0.3, 0.4) is 0 Å². The van der Waals surface area contributed by atoms with E-state index in [1.807, 2.05) is 86.6 Å². The number of hydrogen-bond donors (Lipinski definition) is 9. The van der Waals surface area contributed by atoms with Crippen molar-refractivity contribution in [2.24, 2.45) is 17.4 Å². The van der Waals surface area contributed by atoms with E-state index < -0.39 is 71.5 Å². The van der Waals surface area contributed by atoms with Gasteiger partial charge in [-0.05, 0) is 229 Å². The van der Waals surface area contributed by atoms with E-state index in [2.05, 4.69) is 31.9 Å². The molecule has 1 atom stereocenters. The average molecular weight is 1540 g/mol. The van der Waals surface area contributed by atoms with Crippen molar-refractivity contribution in [3.63, 3.8) is 0 Å². The van der Waals surface area contributed by atoms with E-state index in [-0.39, 0.29) is 104 Å². The second-order valence-electron chi connectivity index (χ2n) is 29.1. The number of rotatable bonds is 34. The summed E-state index contributed by atoms with van der Waals surface area (Å²) in [5.41, 5.74) is 15.1. The van der Waals surface area contributed by atoms with Gasteiger partial charge in [-0.15, -0.1) is 0 Å². The quantitative estimate of drug-likeness (QED) is 0.00595. The number of esters is 2. The molecule has 0 spiro atoms. The zero-order valence-corrected chi connectivity index (χ0v) is 66.7. The minimum Gasteiger partial charge on any atom is -0.491 e. The molecule has 0 saturated carbocycles. The first-order valence-electron chi connectivity index (χ1n) is 36.6. The molecule has 7 aromatic rings. The highest BCUT2D eigenvalue weighted by atomic mass is 16.6. The molecule has 1 unspecified atom stereocenters. The fourth-order valence-electron chi connectivity index (χ4n) is 10.3. The lowest BCUT2D eigenvalue weighted by Crippen LogP contribution is -2.27. The number of nitrogens with two attached hydrogens (primary N) is 2. The van der Waals surface area contributed by atoms with Crippen molar-refractivity contribution >= 4 is 93.6 Å². The zero-order chi connectivity index (χ0) is 82.7. The van der Waals surface area contributed by atoms with Crippen LogP contribution in [-0.2, 0) is 36.8 Å². The Bertz CT molecular complexity index is 4500. The molecule has 0 aliphatic rings. The van der Waals surface area contributed by atoms with E-state index in [9.17, 15) is 43.2 Å². The molecule has 11 N–H and O–H groups in total. The molecule has 7 aromatic carbocycles. The SMILES string of the molecule is CCC(C)Oc1cc(C(=O)OC)ccc1NC(=O)c1cc(CCCCCC(=N)N)c(NC(=O)c2ccc(NC(=O)OC(C)(C)C)c(OC(C)C)c2)c(OCC(C)C)c1.COC(=O)c1ccc(NC(=O)c2ccc(NC(=O)c3ccc(NC(=O)OC(C)(C)C)c(OC(C)C)c3)c(OCc3ccc(C)cc3)c2)c(OCC(N)=O)c1. The minimum atomic E-state index is -0.763. The van der Waals surface area contributed by atoms with Crippen LogP contribution in [0.25, 0.3) is 0 Å². The maximum Gasteiger partial charge on any atom is 0.412 e. The standard InChI is InChI=1S/C44H61N5O9.C40H44N4O10/c1-11-28(6)57-36-23-31(42(52)54-10)18-20-33(36)47-41(51)32-21-29(15-13-12-14-16-38(45)46)39(37(24-32)55-25-26(2)3)49-40(50)30-17-19-34(35(22-30)56-27(4)5)48-43(53)58-44(7,8)9;1-23(2)53-34-19-27(13-16-31(34)44-39(49)54-40(4,5)6)37(47)42-29-15-12-26(18-32(29)51-21-25-10-8-24(3)9-11-25)36(46)43-30-17-14-28(38(48)50-7)20-33(30)52-22-35(41)45/h17-24,26-28H,11-16,25H2,1-10H3,(H3,45,46)(H,47,51)(H,48,53)(H,49,50);8-20,23H,21-22H2,1-7H3,(H2,41,45)(H,42,47)(H,43,46)(H,44,49). The molecule has 28 nitrogen and oxygen atoms in total. The lowest BCUT2D eigenvalue weighted by Gasteiger charge is -2.22. The van der Waals surface area contributed by atoms with Crippen LogP contribution in [0.15, 0.2) is 127 Å². The number of anilines is 6. The Kier molecular flexibility index (Phi) is 32.8. The summed E-state index contributed by atoms with van der Waals surface area (Å²) >= 11 is 0. The van der Waals surface area contributed by atoms with Crippen molar-refractivity contribution in [3.05, 3.63) is 177 Å². The van der Waals surface area contributed by atoms with Crippen LogP contribution in [0.4, 0.5) is 43.7 Å². The normalized spacial score (nSPS) is 11.3. The van der Waals surface area contributed by atoms with Gasteiger partial charge < -0.3 is 80.1 Å². The van der Waals surface area contributed by atoms with Crippen LogP contribution in [0.2, 0.25) is 0 Å². The van der Waals surface area contributed by atoms with E-state index in [0.717, 1.165) is 17.5 Å². The fourth-order valence-corrected chi connectivity index (χ4v) is 10.3. The van der Waals surface area contributed by atoms with Gasteiger partial charge in [0.2, 0.25) is 0 Å². The second kappa shape index (κ2) is 41.4. The highest BCUT2D eigenvalue weighted by Gasteiger charge is 2.27. The first-order valence-corrected chi connectivity index (χ1v) is 36.6. The monoisotopic (exact) mass is 1540 g/mol. The van der Waals surface area contributed by atoms with Gasteiger partial charge in [0, 0.05) is 28.7 Å². The summed E-state index contributed by atoms with van der Waals surface area (Å²) in [4.78, 5) is 116. The van der Waals surface area contributed by atoms with Crippen molar-refractivity contribution in [1.82, 2.24) is 0 Å². The smallest absolute Gasteiger partial charge is 0.412 e. The number of ether oxygens (including phenoxy) is 10. The molecule has 28 heteroatoms. The van der Waals surface area contributed by atoms with Crippen LogP contribution < -0.4 is 71.8 Å². The number of unbranched alkanes of at least 4 members (excludes halogenated alkanes) is 2. The Morgan fingerprint density at radius 3 is 1.29 bits per heavy atom. The second-order valence-corrected chi connectivity index (χ2v) is 29.1. The van der Waals surface area contributed by atoms with Gasteiger partial charge in [-0.2, -0.15) is 0 Å². The third-order valence-corrected chi connectivity index (χ3v) is 15.7. The Morgan fingerprint density at radius 2 is 0.848 bits per heavy atom. The number of aryl methyl sites for hydroxylation is 2. The molecule has 0 aromatic heterocycles. The maximum atomic E-state index is 14.1. The van der Waals surface area contributed by atoms with Crippen molar-refractivity contribution in [2.45, 2.75) is 179 Å². The van der Waals surface area contributed by atoms with E-state index >= 15 is 0 Å². The fraction of sp³-hybridized carbons (Fsp3) is 0.381. The number of methoxy groups -OCH3 is 2. The molecular weight excluding hydrogens is 1440 g/mol. The lowest BCUT2D eigenvalue weighted by molar-refractivity contribution is -0.119. The molecule has 0 saturated heterocycles. The highest BCUT2D eigenvalue weighted by molar-refractivity contribution is 6.10. The van der Waals surface area contributed by atoms with Gasteiger partial charge in [0.1, 0.15) is 52.3 Å². The van der Waals surface area contributed by atoms with Gasteiger partial charge in [-0.3, -0.25) is 40.0 Å². The van der Waals surface area contributed by atoms with Crippen LogP contribution in [0.1, 0.15) is 208 Å². The van der Waals surface area contributed by atoms with E-state index in [0.29, 0.717) is 78.5 Å². The Balaban J connectivity index is 0.000000350. The Morgan fingerprint density at radius 1 is 0.446 bits per heavy atom. The minimum absolute atomic E-state index is 0.0120. The molecule has 7 amide bonds. The van der Waals surface area contributed by atoms with Crippen molar-refractivity contribution in [1.29, 1.82) is 5.41 Å². The number of primary amides is 1. The van der Waals surface area contributed by atoms with Crippen LogP contribution in [-0.4, -0.2) is 116 Å². The first-order chi connectivity index (χ1) is 52.8. The predicted molar refractivity (Wildman–Crippen MR) is 429 cm³/mol. The molecule has 0 heterocycles. The van der Waals surface area contributed by atoms with E-state index in [4.69, 9.17) is 64.2 Å². The molecule has 0 bridgehead atoms. The summed E-state index contributed by atoms with van der Waals surface area (Å²) < 4.78 is 56.4. The number of carbonyl (C=O) groups excluding carboxylic acids is 9. The molecular formula is C84H105N9O19. The van der Waals surface area contributed by atoms with Gasteiger partial charge in [0.25, 0.3) is 29.5 Å². The number of amidine groups is 1. The molecule has 7 rings (SSSR count). The number of carbonyl (C=O) groups is 9. The van der Waals surface area contributed by atoms with E-state index in [1.54, 1.807) is 84.0 Å². The summed E-state index contributed by atoms with van der Waals surface area (Å²) in [5.74, 6) is -2.44. The predicted octanol–water partition coefficient (Wildman–Crippen LogP) is 16.2. The van der Waals surface area contributed by atoms with Gasteiger partial charge in [-0.25, -0.2) is 19.2 Å². The highest BCUT2D eigenvalue weighted by Crippen LogP contribution is 2.38. The number of hydrogen-bond acceptors (Lipinski definition) is 20. The summed E-state index contributed by atoms with van der Waals surface area (Å²) in [5, 5.41) is 24.5. The summed E-state index contributed by atoms with van der Waals surface area (Å²) in [6, 6.07) is 33.5. The molecule has 0 aliphatic carbocycles. The number of benzene rings is 7. The van der Waals surface area contributed by atoms with Crippen LogP contribution in [0, 0.1) is 18.3 Å². The zero-order valence-electron chi connectivity index (χ0n) is 66.7. The maximum absolute atomic E-state index is 14.1. The largest absolute Gasteiger partial charge is 0.491 e. The summed E-state index contributed by atoms with van der Waals surface area (Å²) in [7, 11) is 2.51. The number of nitrogens with one attached hydrogen (secondary N) is 7. The lowest BCUT2D eigenvalue weighted by atomic mass is 9.99. The van der Waals surface area contributed by atoms with Crippen molar-refractivity contribution in [3.8, 4) is 34.5 Å². The Hall–Kier alpha value is -12.4. The number of amides is 7. The third kappa shape index (κ3) is 28.9. The van der Waals surface area contributed by atoms with Gasteiger partial charge in [0.05, 0.1) is 90.2 Å². The Labute approximate surface area is 653 Å². The van der Waals surface area contributed by atoms with Gasteiger partial charge in [0.15, 0.2) is 6.61 Å². The average Bonchev–Trinajstić information content (AvgIpc) is 0.797. The topological polar surface area (TPSA) is 394 Å². The molecule has 0 aliphatic heterocycles. The van der Waals surface area contributed by atoms with Crippen molar-refractivity contribution in [2.75, 3.05) is 59.3 Å². The van der Waals surface area contributed by atoms with Gasteiger partial charge in [-0.1, -0.05) is 57.0 Å². The molecule has 0 radical (unpaired) electrons. The summed E-state index contributed by atoms with van der Waals surface area (Å²) in [6.45, 7) is 27.5. The van der Waals surface area contributed by atoms with Gasteiger partial charge >= 0.3 is 24.1 Å². The molecule has 0 fully saturated rings. The molecule has 600 valence electrons. The summed E-state index contributed by atoms with van der Waals surface area (Å²) in [6.07, 6.45) is 1.63. The van der Waals surface area contributed by atoms with Crippen molar-refractivity contribution < 1.29 is 90.5 Å². The third-order valence-electron chi connectivity index (χ3n) is 15.7. The van der Waals surface area contributed by atoms with E-state index in [1.165, 1.54) is 74.9 Å². The van der Waals surface area contributed by atoms with Crippen LogP contribution in [0.5, 0.6) is 34.5 Å². The van der Waals surface area contributed by atoms with Crippen LogP contribution >= 0.6 is 0 Å². The molecule has 112 heavy (non-hydrogen) atoms.